The van der Waals surface area contributed by atoms with Crippen LogP contribution in [-0.4, -0.2) is 28.9 Å². The van der Waals surface area contributed by atoms with Gasteiger partial charge in [-0.1, -0.05) is 17.7 Å². The molecule has 1 fully saturated rings. The van der Waals surface area contributed by atoms with E-state index in [1.165, 1.54) is 0 Å². The standard InChI is InChI=1S/C12H16ClNO2/c1-12(16)4-5-14(8-12)11-6-10(13)3-2-9(11)7-15/h2-3,6,15-16H,4-5,7-8H2,1H3. The molecule has 2 N–H and O–H groups in total. The molecule has 0 aromatic heterocycles. The highest BCUT2D eigenvalue weighted by atomic mass is 35.5. The summed E-state index contributed by atoms with van der Waals surface area (Å²) in [5.41, 5.74) is 1.13. The number of aliphatic hydroxyl groups excluding tert-OH is 1. The topological polar surface area (TPSA) is 43.7 Å². The Hall–Kier alpha value is -0.770. The van der Waals surface area contributed by atoms with Crippen molar-refractivity contribution in [3.05, 3.63) is 28.8 Å². The number of benzene rings is 1. The van der Waals surface area contributed by atoms with Crippen molar-refractivity contribution in [2.45, 2.75) is 25.6 Å². The van der Waals surface area contributed by atoms with E-state index < -0.39 is 5.60 Å². The lowest BCUT2D eigenvalue weighted by Gasteiger charge is -2.23. The van der Waals surface area contributed by atoms with Crippen LogP contribution in [0.3, 0.4) is 0 Å². The highest BCUT2D eigenvalue weighted by Gasteiger charge is 2.32. The second-order valence-electron chi connectivity index (χ2n) is 4.60. The van der Waals surface area contributed by atoms with Crippen LogP contribution in [0.25, 0.3) is 0 Å². The number of rotatable bonds is 2. The molecule has 1 saturated heterocycles. The average Bonchev–Trinajstić information content (AvgIpc) is 2.59. The molecular formula is C12H16ClNO2. The smallest absolute Gasteiger partial charge is 0.0810 e. The van der Waals surface area contributed by atoms with Crippen molar-refractivity contribution in [3.63, 3.8) is 0 Å². The largest absolute Gasteiger partial charge is 0.392 e. The first kappa shape index (κ1) is 11.7. The summed E-state index contributed by atoms with van der Waals surface area (Å²) in [4.78, 5) is 2.07. The number of aliphatic hydroxyl groups is 2. The van der Waals surface area contributed by atoms with E-state index in [9.17, 15) is 10.2 Å². The van der Waals surface area contributed by atoms with Crippen LogP contribution in [-0.2, 0) is 6.61 Å². The molecule has 4 heteroatoms. The Bertz CT molecular complexity index is 393. The molecule has 0 amide bonds. The van der Waals surface area contributed by atoms with Crippen molar-refractivity contribution >= 4 is 17.3 Å². The van der Waals surface area contributed by atoms with E-state index in [4.69, 9.17) is 11.6 Å². The van der Waals surface area contributed by atoms with E-state index in [-0.39, 0.29) is 6.61 Å². The third kappa shape index (κ3) is 2.32. The maximum absolute atomic E-state index is 9.92. The van der Waals surface area contributed by atoms with Crippen LogP contribution in [0.5, 0.6) is 0 Å². The molecule has 0 aliphatic carbocycles. The molecule has 1 aromatic rings. The Balaban J connectivity index is 2.30. The maximum Gasteiger partial charge on any atom is 0.0810 e. The van der Waals surface area contributed by atoms with E-state index >= 15 is 0 Å². The Kier molecular flexibility index (Phi) is 3.10. The number of anilines is 1. The van der Waals surface area contributed by atoms with E-state index in [1.54, 1.807) is 6.07 Å². The van der Waals surface area contributed by atoms with E-state index in [1.807, 2.05) is 19.1 Å². The van der Waals surface area contributed by atoms with Gasteiger partial charge in [-0.25, -0.2) is 0 Å². The summed E-state index contributed by atoms with van der Waals surface area (Å²) < 4.78 is 0. The number of hydrogen-bond donors (Lipinski definition) is 2. The van der Waals surface area contributed by atoms with E-state index in [0.717, 1.165) is 24.2 Å². The number of hydrogen-bond acceptors (Lipinski definition) is 3. The summed E-state index contributed by atoms with van der Waals surface area (Å²) >= 11 is 5.95. The fourth-order valence-electron chi connectivity index (χ4n) is 2.12. The van der Waals surface area contributed by atoms with Gasteiger partial charge in [0.15, 0.2) is 0 Å². The first-order chi connectivity index (χ1) is 7.52. The molecule has 1 aliphatic heterocycles. The van der Waals surface area contributed by atoms with Gasteiger partial charge in [-0.3, -0.25) is 0 Å². The Labute approximate surface area is 100 Å². The van der Waals surface area contributed by atoms with Gasteiger partial charge in [0, 0.05) is 29.4 Å². The van der Waals surface area contributed by atoms with Gasteiger partial charge in [0.05, 0.1) is 12.2 Å². The minimum atomic E-state index is -0.644. The fourth-order valence-corrected chi connectivity index (χ4v) is 2.28. The van der Waals surface area contributed by atoms with Crippen molar-refractivity contribution in [3.8, 4) is 0 Å². The van der Waals surface area contributed by atoms with Crippen molar-refractivity contribution in [1.82, 2.24) is 0 Å². The molecule has 1 heterocycles. The van der Waals surface area contributed by atoms with Crippen LogP contribution in [0.4, 0.5) is 5.69 Å². The lowest BCUT2D eigenvalue weighted by Crippen LogP contribution is -2.30. The van der Waals surface area contributed by atoms with Gasteiger partial charge in [0.1, 0.15) is 0 Å². The van der Waals surface area contributed by atoms with Crippen LogP contribution in [0, 0.1) is 0 Å². The summed E-state index contributed by atoms with van der Waals surface area (Å²) in [6.45, 7) is 3.20. The number of β-amino-alcohol motifs (C(OH)–C–C–N with tert-alkyl or cyclic N) is 1. The van der Waals surface area contributed by atoms with Gasteiger partial charge < -0.3 is 15.1 Å². The second kappa shape index (κ2) is 4.24. The molecule has 0 spiro atoms. The van der Waals surface area contributed by atoms with Gasteiger partial charge in [-0.2, -0.15) is 0 Å². The molecule has 1 aliphatic rings. The molecule has 16 heavy (non-hydrogen) atoms. The third-order valence-corrected chi connectivity index (χ3v) is 3.25. The van der Waals surface area contributed by atoms with Crippen LogP contribution >= 0.6 is 11.6 Å². The van der Waals surface area contributed by atoms with Crippen LogP contribution < -0.4 is 4.90 Å². The zero-order valence-corrected chi connectivity index (χ0v) is 10.0. The minimum Gasteiger partial charge on any atom is -0.392 e. The molecule has 0 saturated carbocycles. The molecule has 1 aromatic carbocycles. The zero-order chi connectivity index (χ0) is 11.8. The second-order valence-corrected chi connectivity index (χ2v) is 5.04. The first-order valence-corrected chi connectivity index (χ1v) is 5.76. The lowest BCUT2D eigenvalue weighted by molar-refractivity contribution is 0.0839. The van der Waals surface area contributed by atoms with Crippen molar-refractivity contribution in [2.24, 2.45) is 0 Å². The predicted octanol–water partition coefficient (Wildman–Crippen LogP) is 1.79. The zero-order valence-electron chi connectivity index (χ0n) is 9.28. The Morgan fingerprint density at radius 2 is 2.25 bits per heavy atom. The Morgan fingerprint density at radius 1 is 1.50 bits per heavy atom. The highest BCUT2D eigenvalue weighted by molar-refractivity contribution is 6.30. The van der Waals surface area contributed by atoms with Gasteiger partial charge in [0.2, 0.25) is 0 Å². The normalized spacial score (nSPS) is 25.1. The summed E-state index contributed by atoms with van der Waals surface area (Å²) in [6, 6.07) is 5.43. The van der Waals surface area contributed by atoms with Gasteiger partial charge in [-0.05, 0) is 25.5 Å². The van der Waals surface area contributed by atoms with Gasteiger partial charge in [0.25, 0.3) is 0 Å². The van der Waals surface area contributed by atoms with Gasteiger partial charge >= 0.3 is 0 Å². The first-order valence-electron chi connectivity index (χ1n) is 5.38. The lowest BCUT2D eigenvalue weighted by atomic mass is 10.1. The number of nitrogens with zero attached hydrogens (tertiary/aromatic N) is 1. The Morgan fingerprint density at radius 3 is 2.81 bits per heavy atom. The molecule has 1 unspecified atom stereocenters. The predicted molar refractivity (Wildman–Crippen MR) is 64.8 cm³/mol. The SMILES string of the molecule is CC1(O)CCN(c2cc(Cl)ccc2CO)C1. The van der Waals surface area contributed by atoms with Crippen molar-refractivity contribution in [2.75, 3.05) is 18.0 Å². The summed E-state index contributed by atoms with van der Waals surface area (Å²) in [7, 11) is 0. The summed E-state index contributed by atoms with van der Waals surface area (Å²) in [5, 5.41) is 19.8. The average molecular weight is 242 g/mol. The quantitative estimate of drug-likeness (QED) is 0.830. The molecule has 88 valence electrons. The maximum atomic E-state index is 9.92. The highest BCUT2D eigenvalue weighted by Crippen LogP contribution is 2.31. The molecule has 2 rings (SSSR count). The van der Waals surface area contributed by atoms with E-state index in [0.29, 0.717) is 11.6 Å². The minimum absolute atomic E-state index is 0.00878. The molecule has 3 nitrogen and oxygen atoms in total. The van der Waals surface area contributed by atoms with Crippen molar-refractivity contribution < 1.29 is 10.2 Å². The fraction of sp³-hybridized carbons (Fsp3) is 0.500. The van der Waals surface area contributed by atoms with Gasteiger partial charge in [-0.15, -0.1) is 0 Å². The third-order valence-electron chi connectivity index (χ3n) is 3.01. The van der Waals surface area contributed by atoms with Crippen LogP contribution in [0.1, 0.15) is 18.9 Å². The van der Waals surface area contributed by atoms with E-state index in [2.05, 4.69) is 4.90 Å². The number of halogens is 1. The summed E-state index contributed by atoms with van der Waals surface area (Å²) in [5.74, 6) is 0. The monoisotopic (exact) mass is 241 g/mol. The molecule has 1 atom stereocenters. The molecule has 0 bridgehead atoms. The molecular weight excluding hydrogens is 226 g/mol. The van der Waals surface area contributed by atoms with Crippen molar-refractivity contribution in [1.29, 1.82) is 0 Å². The summed E-state index contributed by atoms with van der Waals surface area (Å²) in [6.07, 6.45) is 0.740. The van der Waals surface area contributed by atoms with Crippen LogP contribution in [0.2, 0.25) is 5.02 Å². The van der Waals surface area contributed by atoms with Crippen LogP contribution in [0.15, 0.2) is 18.2 Å². The molecule has 0 radical (unpaired) electrons.